The molecule has 128 valence electrons. The summed E-state index contributed by atoms with van der Waals surface area (Å²) in [6.45, 7) is -0.701. The Kier molecular flexibility index (Phi) is 7.51. The minimum absolute atomic E-state index is 0.132. The first-order chi connectivity index (χ1) is 10.9. The fraction of sp³-hybridized carbons (Fsp3) is 0.500. The summed E-state index contributed by atoms with van der Waals surface area (Å²) in [5.41, 5.74) is 6.35. The van der Waals surface area contributed by atoms with Gasteiger partial charge >= 0.3 is 5.97 Å². The lowest BCUT2D eigenvalue weighted by atomic mass is 10.1. The summed E-state index contributed by atoms with van der Waals surface area (Å²) < 4.78 is 0. The van der Waals surface area contributed by atoms with Crippen LogP contribution in [0.3, 0.4) is 0 Å². The van der Waals surface area contributed by atoms with Gasteiger partial charge in [-0.3, -0.25) is 9.59 Å². The van der Waals surface area contributed by atoms with Crippen molar-refractivity contribution in [3.05, 3.63) is 18.2 Å². The fourth-order valence-electron chi connectivity index (χ4n) is 1.66. The first kappa shape index (κ1) is 18.9. The number of carboxylic acids is 1. The largest absolute Gasteiger partial charge is 0.480 e. The number of aliphatic carboxylic acids is 1. The number of carboxylic acid groups (broad SMARTS) is 1. The number of thiol groups is 1. The molecule has 1 aromatic rings. The molecule has 10 nitrogen and oxygen atoms in total. The van der Waals surface area contributed by atoms with Crippen molar-refractivity contribution in [2.75, 3.05) is 12.4 Å². The van der Waals surface area contributed by atoms with Gasteiger partial charge in [0.1, 0.15) is 12.1 Å². The van der Waals surface area contributed by atoms with Crippen LogP contribution >= 0.6 is 12.6 Å². The molecule has 11 heteroatoms. The third-order valence-electron chi connectivity index (χ3n) is 2.94. The van der Waals surface area contributed by atoms with Gasteiger partial charge in [0.05, 0.1) is 19.0 Å². The maximum absolute atomic E-state index is 11.9. The van der Waals surface area contributed by atoms with Gasteiger partial charge in [-0.2, -0.15) is 12.6 Å². The minimum atomic E-state index is -1.31. The predicted molar refractivity (Wildman–Crippen MR) is 82.7 cm³/mol. The SMILES string of the molecule is NC(Cc1cnc[nH]1)C(=O)NC(CO)C(=O)NC(CS)C(=O)O. The highest BCUT2D eigenvalue weighted by molar-refractivity contribution is 7.80. The van der Waals surface area contributed by atoms with E-state index >= 15 is 0 Å². The van der Waals surface area contributed by atoms with Crippen LogP contribution in [0.4, 0.5) is 0 Å². The number of aliphatic hydroxyl groups is 1. The van der Waals surface area contributed by atoms with E-state index in [0.29, 0.717) is 5.69 Å². The van der Waals surface area contributed by atoms with Crippen LogP contribution in [-0.2, 0) is 20.8 Å². The number of aromatic amines is 1. The molecule has 1 rings (SSSR count). The Morgan fingerprint density at radius 2 is 1.96 bits per heavy atom. The van der Waals surface area contributed by atoms with Crippen molar-refractivity contribution in [3.8, 4) is 0 Å². The van der Waals surface area contributed by atoms with Crippen LogP contribution < -0.4 is 16.4 Å². The van der Waals surface area contributed by atoms with Crippen molar-refractivity contribution in [1.29, 1.82) is 0 Å². The highest BCUT2D eigenvalue weighted by Gasteiger charge is 2.27. The highest BCUT2D eigenvalue weighted by Crippen LogP contribution is 1.98. The van der Waals surface area contributed by atoms with Crippen LogP contribution in [0.25, 0.3) is 0 Å². The van der Waals surface area contributed by atoms with Gasteiger partial charge < -0.3 is 31.6 Å². The van der Waals surface area contributed by atoms with Crippen molar-refractivity contribution in [2.24, 2.45) is 5.73 Å². The van der Waals surface area contributed by atoms with E-state index in [1.807, 2.05) is 0 Å². The fourth-order valence-corrected chi connectivity index (χ4v) is 1.90. The van der Waals surface area contributed by atoms with Crippen LogP contribution in [-0.4, -0.2) is 68.4 Å². The molecule has 3 unspecified atom stereocenters. The van der Waals surface area contributed by atoms with Gasteiger partial charge in [-0.25, -0.2) is 9.78 Å². The minimum Gasteiger partial charge on any atom is -0.480 e. The number of carbonyl (C=O) groups is 3. The second-order valence-electron chi connectivity index (χ2n) is 4.71. The Labute approximate surface area is 137 Å². The molecule has 23 heavy (non-hydrogen) atoms. The smallest absolute Gasteiger partial charge is 0.327 e. The predicted octanol–water partition coefficient (Wildman–Crippen LogP) is -2.74. The number of hydrogen-bond acceptors (Lipinski definition) is 7. The van der Waals surface area contributed by atoms with Gasteiger partial charge in [0.25, 0.3) is 0 Å². The number of carbonyl (C=O) groups excluding carboxylic acids is 2. The van der Waals surface area contributed by atoms with E-state index < -0.39 is 42.5 Å². The molecule has 7 N–H and O–H groups in total. The summed E-state index contributed by atoms with van der Waals surface area (Å²) in [5.74, 6) is -2.90. The summed E-state index contributed by atoms with van der Waals surface area (Å²) >= 11 is 3.80. The Morgan fingerprint density at radius 3 is 2.43 bits per heavy atom. The normalized spacial score (nSPS) is 14.6. The zero-order valence-electron chi connectivity index (χ0n) is 12.1. The number of H-pyrrole nitrogens is 1. The van der Waals surface area contributed by atoms with E-state index in [1.54, 1.807) is 0 Å². The Hall–Kier alpha value is -2.11. The molecule has 3 atom stereocenters. The van der Waals surface area contributed by atoms with E-state index in [9.17, 15) is 19.5 Å². The lowest BCUT2D eigenvalue weighted by Gasteiger charge is -2.20. The highest BCUT2D eigenvalue weighted by atomic mass is 32.1. The van der Waals surface area contributed by atoms with Gasteiger partial charge in [0, 0.05) is 24.1 Å². The van der Waals surface area contributed by atoms with Gasteiger partial charge in [-0.15, -0.1) is 0 Å². The Balaban J connectivity index is 2.58. The molecule has 0 saturated carbocycles. The maximum atomic E-state index is 11.9. The molecule has 0 fully saturated rings. The number of nitrogens with two attached hydrogens (primary N) is 1. The lowest BCUT2D eigenvalue weighted by Crippen LogP contribution is -2.56. The molecule has 0 radical (unpaired) electrons. The summed E-state index contributed by atoms with van der Waals surface area (Å²) in [4.78, 5) is 41.2. The van der Waals surface area contributed by atoms with Crippen molar-refractivity contribution < 1.29 is 24.6 Å². The molecule has 0 aliphatic rings. The molecule has 0 aliphatic heterocycles. The number of rotatable bonds is 9. The van der Waals surface area contributed by atoms with E-state index in [2.05, 4.69) is 33.2 Å². The van der Waals surface area contributed by atoms with Crippen LogP contribution in [0.5, 0.6) is 0 Å². The quantitative estimate of drug-likeness (QED) is 0.238. The Bertz CT molecular complexity index is 538. The number of amides is 2. The van der Waals surface area contributed by atoms with Crippen LogP contribution in [0.1, 0.15) is 5.69 Å². The number of imidazole rings is 1. The van der Waals surface area contributed by atoms with Crippen molar-refractivity contribution >= 4 is 30.4 Å². The maximum Gasteiger partial charge on any atom is 0.327 e. The number of nitrogens with one attached hydrogen (secondary N) is 3. The first-order valence-corrected chi connectivity index (χ1v) is 7.30. The molecular weight excluding hydrogens is 326 g/mol. The van der Waals surface area contributed by atoms with Crippen molar-refractivity contribution in [3.63, 3.8) is 0 Å². The van der Waals surface area contributed by atoms with Gasteiger partial charge in [0.2, 0.25) is 11.8 Å². The second kappa shape index (κ2) is 9.12. The summed E-state index contributed by atoms with van der Waals surface area (Å²) in [6.07, 6.45) is 3.11. The molecule has 0 aromatic carbocycles. The third-order valence-corrected chi connectivity index (χ3v) is 3.31. The van der Waals surface area contributed by atoms with E-state index in [-0.39, 0.29) is 12.2 Å². The van der Waals surface area contributed by atoms with E-state index in [4.69, 9.17) is 10.8 Å². The zero-order chi connectivity index (χ0) is 17.4. The van der Waals surface area contributed by atoms with Crippen molar-refractivity contribution in [1.82, 2.24) is 20.6 Å². The standard InChI is InChI=1S/C12H19N5O5S/c13-7(1-6-2-14-5-15-6)10(19)16-8(3-18)11(20)17-9(4-23)12(21)22/h2,5,7-9,18,23H,1,3-4,13H2,(H,14,15)(H,16,19)(H,17,20)(H,21,22). The zero-order valence-corrected chi connectivity index (χ0v) is 13.0. The molecule has 1 heterocycles. The summed E-state index contributed by atoms with van der Waals surface area (Å²) in [5, 5.41) is 22.5. The summed E-state index contributed by atoms with van der Waals surface area (Å²) in [6, 6.07) is -3.50. The van der Waals surface area contributed by atoms with E-state index in [1.165, 1.54) is 12.5 Å². The van der Waals surface area contributed by atoms with E-state index in [0.717, 1.165) is 0 Å². The number of aliphatic hydroxyl groups excluding tert-OH is 1. The molecule has 1 aromatic heterocycles. The molecular formula is C12H19N5O5S. The monoisotopic (exact) mass is 345 g/mol. The molecule has 0 spiro atoms. The number of nitrogens with zero attached hydrogens (tertiary/aromatic N) is 1. The third kappa shape index (κ3) is 5.88. The van der Waals surface area contributed by atoms with Crippen molar-refractivity contribution in [2.45, 2.75) is 24.5 Å². The number of aromatic nitrogens is 2. The number of hydrogen-bond donors (Lipinski definition) is 7. The summed E-state index contributed by atoms with van der Waals surface area (Å²) in [7, 11) is 0. The van der Waals surface area contributed by atoms with Crippen LogP contribution in [0.2, 0.25) is 0 Å². The Morgan fingerprint density at radius 1 is 1.30 bits per heavy atom. The average Bonchev–Trinajstić information content (AvgIpc) is 3.02. The molecule has 2 amide bonds. The second-order valence-corrected chi connectivity index (χ2v) is 5.08. The molecule has 0 aliphatic carbocycles. The van der Waals surface area contributed by atoms with Crippen LogP contribution in [0, 0.1) is 0 Å². The molecule has 0 bridgehead atoms. The van der Waals surface area contributed by atoms with Gasteiger partial charge in [-0.1, -0.05) is 0 Å². The first-order valence-electron chi connectivity index (χ1n) is 6.67. The topological polar surface area (TPSA) is 170 Å². The van der Waals surface area contributed by atoms with Gasteiger partial charge in [0.15, 0.2) is 0 Å². The average molecular weight is 345 g/mol. The van der Waals surface area contributed by atoms with Crippen LogP contribution in [0.15, 0.2) is 12.5 Å². The van der Waals surface area contributed by atoms with Gasteiger partial charge in [-0.05, 0) is 0 Å². The lowest BCUT2D eigenvalue weighted by molar-refractivity contribution is -0.141. The molecule has 0 saturated heterocycles.